The second kappa shape index (κ2) is 3.98. The molecule has 2 heterocycles. The fourth-order valence-electron chi connectivity index (χ4n) is 1.23. The summed E-state index contributed by atoms with van der Waals surface area (Å²) in [5.41, 5.74) is 5.53. The molecule has 0 aliphatic heterocycles. The molecule has 0 amide bonds. The molecular weight excluding hydrogens is 222 g/mol. The molecule has 0 bridgehead atoms. The number of aryl methyl sites for hydroxylation is 1. The van der Waals surface area contributed by atoms with Crippen LogP contribution >= 0.6 is 23.7 Å². The number of rotatable bonds is 1. The van der Waals surface area contributed by atoms with Crippen LogP contribution in [0.2, 0.25) is 0 Å². The molecule has 0 fully saturated rings. The van der Waals surface area contributed by atoms with E-state index in [0.717, 1.165) is 4.70 Å². The van der Waals surface area contributed by atoms with Crippen molar-refractivity contribution in [2.24, 2.45) is 0 Å². The molecule has 0 aliphatic rings. The van der Waals surface area contributed by atoms with Gasteiger partial charge in [-0.3, -0.25) is 4.79 Å². The summed E-state index contributed by atoms with van der Waals surface area (Å²) in [7, 11) is 0. The number of nitrogens with two attached hydrogens (primary N) is 1. The van der Waals surface area contributed by atoms with E-state index in [1.807, 2.05) is 6.92 Å². The summed E-state index contributed by atoms with van der Waals surface area (Å²) < 4.78 is 2.28. The van der Waals surface area contributed by atoms with Gasteiger partial charge in [0.05, 0.1) is 21.3 Å². The summed E-state index contributed by atoms with van der Waals surface area (Å²) in [6, 6.07) is 1.70. The number of anilines is 1. The molecule has 0 radical (unpaired) electrons. The summed E-state index contributed by atoms with van der Waals surface area (Å²) in [6.45, 7) is 2.47. The zero-order chi connectivity index (χ0) is 9.42. The molecule has 0 saturated carbocycles. The Labute approximate surface area is 90.8 Å². The molecule has 4 nitrogen and oxygen atoms in total. The number of hydrogen-bond acceptors (Lipinski definition) is 4. The quantitative estimate of drug-likeness (QED) is 0.809. The lowest BCUT2D eigenvalue weighted by Gasteiger charge is -1.97. The van der Waals surface area contributed by atoms with Crippen molar-refractivity contribution in [2.75, 3.05) is 5.73 Å². The molecule has 0 aliphatic carbocycles. The van der Waals surface area contributed by atoms with E-state index in [4.69, 9.17) is 5.73 Å². The SMILES string of the molecule is CCn1ncc2sc(N)cc2c1=O.Cl. The molecule has 76 valence electrons. The van der Waals surface area contributed by atoms with E-state index in [0.29, 0.717) is 16.9 Å². The Morgan fingerprint density at radius 2 is 2.36 bits per heavy atom. The summed E-state index contributed by atoms with van der Waals surface area (Å²) in [5.74, 6) is 0. The third-order valence-electron chi connectivity index (χ3n) is 1.86. The third-order valence-corrected chi connectivity index (χ3v) is 2.76. The van der Waals surface area contributed by atoms with E-state index >= 15 is 0 Å². The Bertz CT molecular complexity index is 505. The van der Waals surface area contributed by atoms with Gasteiger partial charge >= 0.3 is 0 Å². The first-order valence-corrected chi connectivity index (χ1v) is 4.79. The molecule has 2 aromatic rings. The van der Waals surface area contributed by atoms with Crippen molar-refractivity contribution in [1.29, 1.82) is 0 Å². The van der Waals surface area contributed by atoms with Crippen LogP contribution in [-0.4, -0.2) is 9.78 Å². The van der Waals surface area contributed by atoms with E-state index < -0.39 is 0 Å². The highest BCUT2D eigenvalue weighted by Crippen LogP contribution is 2.23. The number of hydrogen-bond donors (Lipinski definition) is 1. The highest BCUT2D eigenvalue weighted by atomic mass is 35.5. The van der Waals surface area contributed by atoms with E-state index in [-0.39, 0.29) is 18.0 Å². The van der Waals surface area contributed by atoms with E-state index in [9.17, 15) is 4.79 Å². The minimum atomic E-state index is -0.0621. The van der Waals surface area contributed by atoms with Crippen molar-refractivity contribution in [3.8, 4) is 0 Å². The van der Waals surface area contributed by atoms with Gasteiger partial charge in [0, 0.05) is 6.54 Å². The monoisotopic (exact) mass is 231 g/mol. The Morgan fingerprint density at radius 3 is 3.00 bits per heavy atom. The average Bonchev–Trinajstić information content (AvgIpc) is 2.47. The van der Waals surface area contributed by atoms with Crippen LogP contribution < -0.4 is 11.3 Å². The molecule has 2 aromatic heterocycles. The number of fused-ring (bicyclic) bond motifs is 1. The van der Waals surface area contributed by atoms with Crippen LogP contribution in [0.1, 0.15) is 6.92 Å². The van der Waals surface area contributed by atoms with Crippen LogP contribution in [0.15, 0.2) is 17.1 Å². The highest BCUT2D eigenvalue weighted by molar-refractivity contribution is 7.22. The lowest BCUT2D eigenvalue weighted by Crippen LogP contribution is -2.20. The number of aromatic nitrogens is 2. The Kier molecular flexibility index (Phi) is 3.13. The summed E-state index contributed by atoms with van der Waals surface area (Å²) in [5, 5.41) is 5.32. The molecule has 6 heteroatoms. The smallest absolute Gasteiger partial charge is 0.275 e. The molecule has 0 spiro atoms. The standard InChI is InChI=1S/C8H9N3OS.ClH/c1-2-11-8(12)5-3-7(9)13-6(5)4-10-11;/h3-4H,2,9H2,1H3;1H. The van der Waals surface area contributed by atoms with Gasteiger partial charge in [-0.2, -0.15) is 5.10 Å². The molecule has 2 N–H and O–H groups in total. The van der Waals surface area contributed by atoms with Gasteiger partial charge in [0.15, 0.2) is 0 Å². The third kappa shape index (κ3) is 1.60. The van der Waals surface area contributed by atoms with Gasteiger partial charge in [0.2, 0.25) is 0 Å². The summed E-state index contributed by atoms with van der Waals surface area (Å²) in [4.78, 5) is 11.6. The Balaban J connectivity index is 0.000000980. The first kappa shape index (κ1) is 11.0. The van der Waals surface area contributed by atoms with E-state index in [2.05, 4.69) is 5.10 Å². The molecule has 14 heavy (non-hydrogen) atoms. The minimum absolute atomic E-state index is 0. The minimum Gasteiger partial charge on any atom is -0.391 e. The van der Waals surface area contributed by atoms with Crippen LogP contribution in [0.5, 0.6) is 0 Å². The predicted molar refractivity (Wildman–Crippen MR) is 61.2 cm³/mol. The van der Waals surface area contributed by atoms with E-state index in [1.54, 1.807) is 12.3 Å². The highest BCUT2D eigenvalue weighted by Gasteiger charge is 2.05. The van der Waals surface area contributed by atoms with Crippen molar-refractivity contribution in [3.63, 3.8) is 0 Å². The molecule has 0 atom stereocenters. The molecule has 0 aromatic carbocycles. The largest absolute Gasteiger partial charge is 0.391 e. The zero-order valence-corrected chi connectivity index (χ0v) is 9.19. The van der Waals surface area contributed by atoms with Crippen molar-refractivity contribution in [2.45, 2.75) is 13.5 Å². The molecule has 0 saturated heterocycles. The molecule has 0 unspecified atom stereocenters. The number of nitrogens with zero attached hydrogens (tertiary/aromatic N) is 2. The lowest BCUT2D eigenvalue weighted by atomic mass is 10.4. The van der Waals surface area contributed by atoms with Crippen LogP contribution in [0, 0.1) is 0 Å². The van der Waals surface area contributed by atoms with Crippen molar-refractivity contribution in [3.05, 3.63) is 22.6 Å². The topological polar surface area (TPSA) is 60.9 Å². The first-order chi connectivity index (χ1) is 6.22. The normalized spacial score (nSPS) is 10.1. The van der Waals surface area contributed by atoms with Gasteiger partial charge < -0.3 is 5.73 Å². The number of halogens is 1. The van der Waals surface area contributed by atoms with Gasteiger partial charge in [-0.05, 0) is 13.0 Å². The van der Waals surface area contributed by atoms with Crippen LogP contribution in [0.25, 0.3) is 10.1 Å². The van der Waals surface area contributed by atoms with Gasteiger partial charge in [-0.15, -0.1) is 23.7 Å². The maximum atomic E-state index is 11.6. The maximum absolute atomic E-state index is 11.6. The molecular formula is C8H10ClN3OS. The summed E-state index contributed by atoms with van der Waals surface area (Å²) >= 11 is 1.39. The fraction of sp³-hybridized carbons (Fsp3) is 0.250. The van der Waals surface area contributed by atoms with E-state index in [1.165, 1.54) is 16.0 Å². The predicted octanol–water partition coefficient (Wildman–Crippen LogP) is 1.48. The Morgan fingerprint density at radius 1 is 1.64 bits per heavy atom. The van der Waals surface area contributed by atoms with Crippen molar-refractivity contribution < 1.29 is 0 Å². The van der Waals surface area contributed by atoms with Crippen LogP contribution in [0.3, 0.4) is 0 Å². The number of thiophene rings is 1. The van der Waals surface area contributed by atoms with Gasteiger partial charge in [0.25, 0.3) is 5.56 Å². The second-order valence-corrected chi connectivity index (χ2v) is 3.81. The van der Waals surface area contributed by atoms with Crippen LogP contribution in [-0.2, 0) is 6.54 Å². The Hall–Kier alpha value is -1.07. The molecule has 2 rings (SSSR count). The maximum Gasteiger partial charge on any atom is 0.275 e. The van der Waals surface area contributed by atoms with Crippen molar-refractivity contribution >= 4 is 38.8 Å². The fourth-order valence-corrected chi connectivity index (χ4v) is 2.01. The van der Waals surface area contributed by atoms with Gasteiger partial charge in [-0.25, -0.2) is 4.68 Å². The zero-order valence-electron chi connectivity index (χ0n) is 7.56. The first-order valence-electron chi connectivity index (χ1n) is 3.97. The van der Waals surface area contributed by atoms with Crippen LogP contribution in [0.4, 0.5) is 5.00 Å². The average molecular weight is 232 g/mol. The van der Waals surface area contributed by atoms with Gasteiger partial charge in [0.1, 0.15) is 0 Å². The van der Waals surface area contributed by atoms with Crippen molar-refractivity contribution in [1.82, 2.24) is 9.78 Å². The van der Waals surface area contributed by atoms with Gasteiger partial charge in [-0.1, -0.05) is 0 Å². The summed E-state index contributed by atoms with van der Waals surface area (Å²) in [6.07, 6.45) is 1.68. The number of nitrogen functional groups attached to an aromatic ring is 1. The lowest BCUT2D eigenvalue weighted by molar-refractivity contribution is 0.623. The second-order valence-electron chi connectivity index (χ2n) is 2.69.